The van der Waals surface area contributed by atoms with E-state index in [4.69, 9.17) is 0 Å². The molecule has 1 rings (SSSR count). The summed E-state index contributed by atoms with van der Waals surface area (Å²) in [4.78, 5) is 1.25. The Balaban J connectivity index is 3.19. The number of hydrogen-bond donors (Lipinski definition) is 1. The summed E-state index contributed by atoms with van der Waals surface area (Å²) < 4.78 is 0. The first kappa shape index (κ1) is 11.6. The maximum absolute atomic E-state index is 9.85. The van der Waals surface area contributed by atoms with Crippen molar-refractivity contribution in [3.8, 4) is 5.06 Å². The van der Waals surface area contributed by atoms with E-state index < -0.39 is 0 Å². The van der Waals surface area contributed by atoms with Crippen molar-refractivity contribution in [1.82, 2.24) is 0 Å². The van der Waals surface area contributed by atoms with Crippen molar-refractivity contribution in [3.05, 3.63) is 16.5 Å². The first-order valence-electron chi connectivity index (χ1n) is 4.96. The zero-order valence-electron chi connectivity index (χ0n) is 9.93. The molecular weight excluding hydrogens is 192 g/mol. The molecule has 0 saturated heterocycles. The molecule has 1 aromatic rings. The van der Waals surface area contributed by atoms with E-state index in [-0.39, 0.29) is 10.8 Å². The van der Waals surface area contributed by atoms with Gasteiger partial charge in [-0.05, 0) is 16.9 Å². The van der Waals surface area contributed by atoms with Crippen molar-refractivity contribution in [2.75, 3.05) is 0 Å². The van der Waals surface area contributed by atoms with Crippen LogP contribution in [-0.4, -0.2) is 5.11 Å². The number of hydrogen-bond acceptors (Lipinski definition) is 2. The maximum Gasteiger partial charge on any atom is 0.175 e. The Kier molecular flexibility index (Phi) is 2.70. The van der Waals surface area contributed by atoms with Crippen LogP contribution in [0.2, 0.25) is 0 Å². The minimum atomic E-state index is 0.0318. The van der Waals surface area contributed by atoms with E-state index in [0.717, 1.165) is 5.56 Å². The van der Waals surface area contributed by atoms with Crippen LogP contribution >= 0.6 is 11.3 Å². The normalized spacial score (nSPS) is 13.3. The molecule has 0 fully saturated rings. The van der Waals surface area contributed by atoms with Crippen LogP contribution in [0.3, 0.4) is 0 Å². The molecule has 1 aromatic heterocycles. The average Bonchev–Trinajstić information content (AvgIpc) is 2.27. The van der Waals surface area contributed by atoms with Gasteiger partial charge in [-0.1, -0.05) is 41.5 Å². The molecule has 1 heterocycles. The second-order valence-corrected chi connectivity index (χ2v) is 6.86. The molecule has 1 N–H and O–H groups in total. The molecule has 0 spiro atoms. The predicted molar refractivity (Wildman–Crippen MR) is 63.4 cm³/mol. The molecule has 1 nitrogen and oxygen atoms in total. The molecule has 0 bridgehead atoms. The second-order valence-electron chi connectivity index (χ2n) is 5.83. The van der Waals surface area contributed by atoms with E-state index in [1.165, 1.54) is 16.2 Å². The first-order valence-corrected chi connectivity index (χ1v) is 5.78. The van der Waals surface area contributed by atoms with Crippen molar-refractivity contribution in [1.29, 1.82) is 0 Å². The summed E-state index contributed by atoms with van der Waals surface area (Å²) in [6.45, 7) is 12.9. The van der Waals surface area contributed by atoms with Gasteiger partial charge in [-0.2, -0.15) is 0 Å². The monoisotopic (exact) mass is 212 g/mol. The van der Waals surface area contributed by atoms with E-state index in [1.807, 2.05) is 0 Å². The Morgan fingerprint density at radius 2 is 1.50 bits per heavy atom. The zero-order chi connectivity index (χ0) is 11.1. The molecule has 80 valence electrons. The highest BCUT2D eigenvalue weighted by Gasteiger charge is 2.25. The number of aromatic hydroxyl groups is 1. The van der Waals surface area contributed by atoms with Crippen LogP contribution in [0.15, 0.2) is 6.07 Å². The molecule has 0 aliphatic heterocycles. The summed E-state index contributed by atoms with van der Waals surface area (Å²) in [5.41, 5.74) is 1.22. The van der Waals surface area contributed by atoms with Crippen LogP contribution in [-0.2, 0) is 10.8 Å². The molecular formula is C12H20OS. The Hall–Kier alpha value is -0.500. The van der Waals surface area contributed by atoms with Gasteiger partial charge >= 0.3 is 0 Å². The summed E-state index contributed by atoms with van der Waals surface area (Å²) in [6.07, 6.45) is 0. The van der Waals surface area contributed by atoms with Crippen LogP contribution in [0.4, 0.5) is 0 Å². The smallest absolute Gasteiger partial charge is 0.175 e. The molecule has 0 aliphatic carbocycles. The van der Waals surface area contributed by atoms with Crippen molar-refractivity contribution in [2.45, 2.75) is 52.4 Å². The zero-order valence-corrected chi connectivity index (χ0v) is 10.7. The van der Waals surface area contributed by atoms with E-state index in [2.05, 4.69) is 47.6 Å². The van der Waals surface area contributed by atoms with Gasteiger partial charge in [-0.25, -0.2) is 0 Å². The van der Waals surface area contributed by atoms with Crippen LogP contribution in [0.5, 0.6) is 5.06 Å². The number of rotatable bonds is 0. The largest absolute Gasteiger partial charge is 0.499 e. The van der Waals surface area contributed by atoms with E-state index in [1.54, 1.807) is 0 Å². The highest BCUT2D eigenvalue weighted by Crippen LogP contribution is 2.41. The van der Waals surface area contributed by atoms with Crippen molar-refractivity contribution < 1.29 is 5.11 Å². The highest BCUT2D eigenvalue weighted by molar-refractivity contribution is 7.14. The number of thiophene rings is 1. The van der Waals surface area contributed by atoms with Gasteiger partial charge in [0.25, 0.3) is 0 Å². The lowest BCUT2D eigenvalue weighted by molar-refractivity contribution is 0.462. The van der Waals surface area contributed by atoms with Gasteiger partial charge in [0.1, 0.15) is 0 Å². The Labute approximate surface area is 90.8 Å². The van der Waals surface area contributed by atoms with Crippen LogP contribution in [0.25, 0.3) is 0 Å². The van der Waals surface area contributed by atoms with E-state index in [9.17, 15) is 5.11 Å². The van der Waals surface area contributed by atoms with Gasteiger partial charge in [0.05, 0.1) is 0 Å². The Morgan fingerprint density at radius 1 is 1.00 bits per heavy atom. The molecule has 0 amide bonds. The molecule has 0 atom stereocenters. The minimum absolute atomic E-state index is 0.0318. The third kappa shape index (κ3) is 2.30. The third-order valence-electron chi connectivity index (χ3n) is 2.26. The molecule has 2 heteroatoms. The second kappa shape index (κ2) is 3.27. The molecule has 0 aliphatic rings. The lowest BCUT2D eigenvalue weighted by atomic mass is 9.86. The van der Waals surface area contributed by atoms with E-state index in [0.29, 0.717) is 5.06 Å². The Morgan fingerprint density at radius 3 is 1.71 bits per heavy atom. The molecule has 0 unspecified atom stereocenters. The topological polar surface area (TPSA) is 20.2 Å². The third-order valence-corrected chi connectivity index (χ3v) is 3.62. The van der Waals surface area contributed by atoms with Gasteiger partial charge in [0.2, 0.25) is 0 Å². The van der Waals surface area contributed by atoms with Gasteiger partial charge in [0.15, 0.2) is 5.06 Å². The van der Waals surface area contributed by atoms with Crippen LogP contribution in [0, 0.1) is 0 Å². The standard InChI is InChI=1S/C12H20OS/c1-11(2,3)8-7-9(12(4,5)6)14-10(8)13/h7,13H,1-6H3. The fourth-order valence-electron chi connectivity index (χ4n) is 1.29. The lowest BCUT2D eigenvalue weighted by Crippen LogP contribution is -2.11. The lowest BCUT2D eigenvalue weighted by Gasteiger charge is -2.18. The van der Waals surface area contributed by atoms with Crippen molar-refractivity contribution in [3.63, 3.8) is 0 Å². The summed E-state index contributed by atoms with van der Waals surface area (Å²) in [7, 11) is 0. The molecule has 0 saturated carbocycles. The SMILES string of the molecule is CC(C)(C)c1cc(C(C)(C)C)c(O)s1. The fourth-order valence-corrected chi connectivity index (χ4v) is 2.45. The van der Waals surface area contributed by atoms with Crippen molar-refractivity contribution in [2.24, 2.45) is 0 Å². The average molecular weight is 212 g/mol. The summed E-state index contributed by atoms with van der Waals surface area (Å²) in [5.74, 6) is 0. The highest BCUT2D eigenvalue weighted by atomic mass is 32.1. The van der Waals surface area contributed by atoms with E-state index >= 15 is 0 Å². The van der Waals surface area contributed by atoms with Crippen LogP contribution in [0.1, 0.15) is 52.0 Å². The summed E-state index contributed by atoms with van der Waals surface area (Å²) in [5, 5.41) is 10.3. The van der Waals surface area contributed by atoms with Gasteiger partial charge in [0, 0.05) is 10.4 Å². The summed E-state index contributed by atoms with van der Waals surface area (Å²) in [6, 6.07) is 2.14. The van der Waals surface area contributed by atoms with Crippen molar-refractivity contribution >= 4 is 11.3 Å². The quantitative estimate of drug-likeness (QED) is 0.688. The minimum Gasteiger partial charge on any atom is -0.499 e. The maximum atomic E-state index is 9.85. The summed E-state index contributed by atoms with van der Waals surface area (Å²) >= 11 is 1.50. The molecule has 0 radical (unpaired) electrons. The predicted octanol–water partition coefficient (Wildman–Crippen LogP) is 4.05. The van der Waals surface area contributed by atoms with Gasteiger partial charge in [-0.3, -0.25) is 0 Å². The molecule has 14 heavy (non-hydrogen) atoms. The van der Waals surface area contributed by atoms with Gasteiger partial charge in [-0.15, -0.1) is 11.3 Å². The van der Waals surface area contributed by atoms with Gasteiger partial charge < -0.3 is 5.11 Å². The first-order chi connectivity index (χ1) is 6.12. The fraction of sp³-hybridized carbons (Fsp3) is 0.667. The Bertz CT molecular complexity index is 323. The van der Waals surface area contributed by atoms with Crippen LogP contribution < -0.4 is 0 Å². The molecule has 0 aromatic carbocycles.